The Morgan fingerprint density at radius 2 is 2.00 bits per heavy atom. The smallest absolute Gasteiger partial charge is 0.385 e. The number of hydrogen-bond acceptors (Lipinski definition) is 2. The molecule has 0 spiro atoms. The summed E-state index contributed by atoms with van der Waals surface area (Å²) >= 11 is 5.65. The van der Waals surface area contributed by atoms with Crippen LogP contribution in [0.1, 0.15) is 18.9 Å². The Hall–Kier alpha value is -0.940. The van der Waals surface area contributed by atoms with Gasteiger partial charge in [-0.15, -0.1) is 0 Å². The van der Waals surface area contributed by atoms with Crippen LogP contribution < -0.4 is 5.32 Å². The lowest BCUT2D eigenvalue weighted by Crippen LogP contribution is -2.08. The van der Waals surface area contributed by atoms with Crippen molar-refractivity contribution in [3.05, 3.63) is 28.8 Å². The lowest BCUT2D eigenvalue weighted by molar-refractivity contribution is -0.137. The number of benzene rings is 1. The van der Waals surface area contributed by atoms with Gasteiger partial charge in [-0.1, -0.05) is 11.6 Å². The highest BCUT2D eigenvalue weighted by molar-refractivity contribution is 6.30. The van der Waals surface area contributed by atoms with Crippen molar-refractivity contribution in [2.75, 3.05) is 25.1 Å². The van der Waals surface area contributed by atoms with E-state index in [1.54, 1.807) is 0 Å². The molecule has 0 fully saturated rings. The highest BCUT2D eigenvalue weighted by Crippen LogP contribution is 2.33. The van der Waals surface area contributed by atoms with Gasteiger partial charge in [0.15, 0.2) is 0 Å². The third kappa shape index (κ3) is 5.14. The molecule has 1 aromatic rings. The third-order valence-electron chi connectivity index (χ3n) is 2.22. The van der Waals surface area contributed by atoms with Crippen molar-refractivity contribution < 1.29 is 17.9 Å². The Balaban J connectivity index is 2.58. The minimum Gasteiger partial charge on any atom is -0.385 e. The summed E-state index contributed by atoms with van der Waals surface area (Å²) in [7, 11) is 0. The van der Waals surface area contributed by atoms with Gasteiger partial charge in [-0.3, -0.25) is 0 Å². The van der Waals surface area contributed by atoms with Crippen LogP contribution in [0.5, 0.6) is 0 Å². The fourth-order valence-corrected chi connectivity index (χ4v) is 1.64. The molecule has 0 unspecified atom stereocenters. The summed E-state index contributed by atoms with van der Waals surface area (Å²) < 4.78 is 42.7. The van der Waals surface area contributed by atoms with E-state index in [1.807, 2.05) is 6.92 Å². The average molecular weight is 282 g/mol. The molecule has 0 aliphatic heterocycles. The molecule has 0 aliphatic rings. The highest BCUT2D eigenvalue weighted by Gasteiger charge is 2.31. The first kappa shape index (κ1) is 15.1. The van der Waals surface area contributed by atoms with Crippen LogP contribution in [-0.2, 0) is 10.9 Å². The van der Waals surface area contributed by atoms with Crippen molar-refractivity contribution in [1.82, 2.24) is 0 Å². The molecule has 1 rings (SSSR count). The molecule has 18 heavy (non-hydrogen) atoms. The van der Waals surface area contributed by atoms with Gasteiger partial charge in [0.05, 0.1) is 5.56 Å². The Kier molecular flexibility index (Phi) is 5.75. The molecule has 6 heteroatoms. The number of rotatable bonds is 6. The number of nitrogens with one attached hydrogen (secondary N) is 1. The summed E-state index contributed by atoms with van der Waals surface area (Å²) in [4.78, 5) is 0. The Bertz CT molecular complexity index is 382. The number of hydrogen-bond donors (Lipinski definition) is 1. The third-order valence-corrected chi connectivity index (χ3v) is 2.44. The zero-order valence-electron chi connectivity index (χ0n) is 9.98. The second-order valence-corrected chi connectivity index (χ2v) is 4.14. The largest absolute Gasteiger partial charge is 0.416 e. The van der Waals surface area contributed by atoms with Crippen LogP contribution in [0.15, 0.2) is 18.2 Å². The molecule has 0 heterocycles. The molecule has 2 nitrogen and oxygen atoms in total. The van der Waals surface area contributed by atoms with Gasteiger partial charge in [-0.05, 0) is 31.5 Å². The van der Waals surface area contributed by atoms with Crippen LogP contribution in [0, 0.1) is 0 Å². The van der Waals surface area contributed by atoms with Gasteiger partial charge in [-0.25, -0.2) is 0 Å². The van der Waals surface area contributed by atoms with Gasteiger partial charge < -0.3 is 10.1 Å². The van der Waals surface area contributed by atoms with Crippen LogP contribution in [0.3, 0.4) is 0 Å². The van der Waals surface area contributed by atoms with Gasteiger partial charge in [0.1, 0.15) is 0 Å². The van der Waals surface area contributed by atoms with Crippen LogP contribution in [0.2, 0.25) is 5.02 Å². The summed E-state index contributed by atoms with van der Waals surface area (Å²) in [5.41, 5.74) is -0.381. The summed E-state index contributed by atoms with van der Waals surface area (Å²) in [6.07, 6.45) is -3.66. The number of anilines is 1. The zero-order valence-corrected chi connectivity index (χ0v) is 10.7. The molecule has 102 valence electrons. The van der Waals surface area contributed by atoms with Crippen molar-refractivity contribution in [3.63, 3.8) is 0 Å². The van der Waals surface area contributed by atoms with E-state index in [2.05, 4.69) is 5.32 Å². The number of ether oxygens (including phenoxy) is 1. The van der Waals surface area contributed by atoms with Gasteiger partial charge in [0.25, 0.3) is 0 Å². The minimum absolute atomic E-state index is 0.0668. The van der Waals surface area contributed by atoms with E-state index in [9.17, 15) is 13.2 Å². The fourth-order valence-electron chi connectivity index (χ4n) is 1.41. The number of alkyl halides is 3. The van der Waals surface area contributed by atoms with Crippen LogP contribution in [-0.4, -0.2) is 19.8 Å². The molecule has 0 radical (unpaired) electrons. The van der Waals surface area contributed by atoms with Gasteiger partial charge in [-0.2, -0.15) is 13.2 Å². The predicted octanol–water partition coefficient (Wildman–Crippen LogP) is 4.20. The normalized spacial score (nSPS) is 11.6. The summed E-state index contributed by atoms with van der Waals surface area (Å²) in [6, 6.07) is 3.43. The molecular weight excluding hydrogens is 267 g/mol. The quantitative estimate of drug-likeness (QED) is 0.789. The fraction of sp³-hybridized carbons (Fsp3) is 0.500. The maximum atomic E-state index is 12.5. The summed E-state index contributed by atoms with van der Waals surface area (Å²) in [5.74, 6) is 0. The van der Waals surface area contributed by atoms with Crippen molar-refractivity contribution in [2.24, 2.45) is 0 Å². The van der Waals surface area contributed by atoms with Crippen LogP contribution in [0.4, 0.5) is 18.9 Å². The molecule has 0 atom stereocenters. The highest BCUT2D eigenvalue weighted by atomic mass is 35.5. The lowest BCUT2D eigenvalue weighted by atomic mass is 10.2. The molecule has 0 saturated carbocycles. The van der Waals surface area contributed by atoms with Gasteiger partial charge in [0.2, 0.25) is 0 Å². The summed E-state index contributed by atoms with van der Waals surface area (Å²) in [5, 5.41) is 2.96. The average Bonchev–Trinajstić information content (AvgIpc) is 2.27. The maximum absolute atomic E-state index is 12.5. The lowest BCUT2D eigenvalue weighted by Gasteiger charge is -2.11. The standard InChI is InChI=1S/C12H15ClF3NO/c1-2-18-5-3-4-17-11-7-9(12(14,15)16)6-10(13)8-11/h6-8,17H,2-5H2,1H3. The second-order valence-electron chi connectivity index (χ2n) is 3.70. The van der Waals surface area contributed by atoms with Gasteiger partial charge >= 0.3 is 6.18 Å². The van der Waals surface area contributed by atoms with Crippen LogP contribution in [0.25, 0.3) is 0 Å². The van der Waals surface area contributed by atoms with Crippen molar-refractivity contribution >= 4 is 17.3 Å². The molecule has 1 N–H and O–H groups in total. The molecule has 0 amide bonds. The molecular formula is C12H15ClF3NO. The molecule has 0 aromatic heterocycles. The van der Waals surface area contributed by atoms with Crippen molar-refractivity contribution in [3.8, 4) is 0 Å². The van der Waals surface area contributed by atoms with Crippen LogP contribution >= 0.6 is 11.6 Å². The molecule has 1 aromatic carbocycles. The Morgan fingerprint density at radius 1 is 1.28 bits per heavy atom. The SMILES string of the molecule is CCOCCCNc1cc(Cl)cc(C(F)(F)F)c1. The first-order chi connectivity index (χ1) is 8.43. The monoisotopic (exact) mass is 281 g/mol. The van der Waals surface area contributed by atoms with E-state index < -0.39 is 11.7 Å². The Morgan fingerprint density at radius 3 is 2.61 bits per heavy atom. The summed E-state index contributed by atoms with van der Waals surface area (Å²) in [6.45, 7) is 3.64. The first-order valence-corrected chi connectivity index (χ1v) is 6.00. The van der Waals surface area contributed by atoms with E-state index in [0.717, 1.165) is 18.6 Å². The van der Waals surface area contributed by atoms with E-state index in [0.29, 0.717) is 25.4 Å². The maximum Gasteiger partial charge on any atom is 0.416 e. The predicted molar refractivity (Wildman–Crippen MR) is 66.1 cm³/mol. The molecule has 0 aliphatic carbocycles. The van der Waals surface area contributed by atoms with Gasteiger partial charge in [0, 0.05) is 30.5 Å². The van der Waals surface area contributed by atoms with Crippen molar-refractivity contribution in [2.45, 2.75) is 19.5 Å². The van der Waals surface area contributed by atoms with Crippen molar-refractivity contribution in [1.29, 1.82) is 0 Å². The Labute approximate surface area is 109 Å². The second kappa shape index (κ2) is 6.85. The molecule has 0 saturated heterocycles. The van der Waals surface area contributed by atoms with E-state index in [4.69, 9.17) is 16.3 Å². The van der Waals surface area contributed by atoms with E-state index in [1.165, 1.54) is 6.07 Å². The topological polar surface area (TPSA) is 21.3 Å². The molecule has 0 bridgehead atoms. The first-order valence-electron chi connectivity index (χ1n) is 5.63. The van der Waals surface area contributed by atoms with E-state index in [-0.39, 0.29) is 5.02 Å². The zero-order chi connectivity index (χ0) is 13.6. The number of halogens is 4. The van der Waals surface area contributed by atoms with E-state index >= 15 is 0 Å². The minimum atomic E-state index is -4.38.